The summed E-state index contributed by atoms with van der Waals surface area (Å²) in [6.45, 7) is 5.56. The lowest BCUT2D eigenvalue weighted by Crippen LogP contribution is -2.46. The number of anilines is 2. The minimum Gasteiger partial charge on any atom is -0.443 e. The number of ketones is 1. The molecule has 2 aliphatic carbocycles. The molecule has 3 aliphatic rings. The summed E-state index contributed by atoms with van der Waals surface area (Å²) in [7, 11) is 0. The lowest BCUT2D eigenvalue weighted by Gasteiger charge is -2.30. The molecule has 1 heterocycles. The van der Waals surface area contributed by atoms with Crippen LogP contribution in [0.3, 0.4) is 0 Å². The maximum absolute atomic E-state index is 12.8. The van der Waals surface area contributed by atoms with Gasteiger partial charge in [0.25, 0.3) is 0 Å². The standard InChI is InChI=1S/C20H26N2O4/c1-20(2,3)26-19(24)22-17-7-5-4-6-16(17)21-18(22)25-15-10-12-8-14(23)9-13(12)11-15/h4-7,12-13,15,18,21H,8-11H2,1-3H3/t12-,13?,15?,18?/m0/s1. The second-order valence-electron chi connectivity index (χ2n) is 8.56. The van der Waals surface area contributed by atoms with Gasteiger partial charge in [0.1, 0.15) is 11.4 Å². The Hall–Kier alpha value is -2.08. The Morgan fingerprint density at radius 1 is 1.15 bits per heavy atom. The van der Waals surface area contributed by atoms with E-state index in [1.165, 1.54) is 0 Å². The fourth-order valence-electron chi connectivity index (χ4n) is 4.35. The quantitative estimate of drug-likeness (QED) is 0.868. The third-order valence-electron chi connectivity index (χ3n) is 5.37. The number of hydrogen-bond acceptors (Lipinski definition) is 5. The Bertz CT molecular complexity index is 711. The molecule has 1 aromatic rings. The smallest absolute Gasteiger partial charge is 0.418 e. The molecule has 0 bridgehead atoms. The molecule has 1 aromatic carbocycles. The Morgan fingerprint density at radius 2 is 1.81 bits per heavy atom. The number of ether oxygens (including phenoxy) is 2. The molecular weight excluding hydrogens is 332 g/mol. The maximum Gasteiger partial charge on any atom is 0.418 e. The van der Waals surface area contributed by atoms with Gasteiger partial charge in [0.05, 0.1) is 17.5 Å². The summed E-state index contributed by atoms with van der Waals surface area (Å²) in [5.74, 6) is 1.25. The second-order valence-corrected chi connectivity index (χ2v) is 8.56. The van der Waals surface area contributed by atoms with Crippen molar-refractivity contribution in [2.24, 2.45) is 11.8 Å². The van der Waals surface area contributed by atoms with Gasteiger partial charge in [-0.2, -0.15) is 0 Å². The van der Waals surface area contributed by atoms with Gasteiger partial charge in [-0.1, -0.05) is 12.1 Å². The van der Waals surface area contributed by atoms with Crippen LogP contribution >= 0.6 is 0 Å². The van der Waals surface area contributed by atoms with Gasteiger partial charge >= 0.3 is 6.09 Å². The summed E-state index contributed by atoms with van der Waals surface area (Å²) in [4.78, 5) is 25.9. The molecule has 0 radical (unpaired) electrons. The van der Waals surface area contributed by atoms with Gasteiger partial charge in [0.15, 0.2) is 0 Å². The molecule has 1 N–H and O–H groups in total. The summed E-state index contributed by atoms with van der Waals surface area (Å²) in [6.07, 6.45) is 2.17. The van der Waals surface area contributed by atoms with E-state index < -0.39 is 18.0 Å². The van der Waals surface area contributed by atoms with E-state index in [0.29, 0.717) is 30.5 Å². The largest absolute Gasteiger partial charge is 0.443 e. The van der Waals surface area contributed by atoms with Crippen LogP contribution in [0.2, 0.25) is 0 Å². The van der Waals surface area contributed by atoms with E-state index in [1.807, 2.05) is 45.0 Å². The molecule has 140 valence electrons. The van der Waals surface area contributed by atoms with Crippen molar-refractivity contribution in [3.63, 3.8) is 0 Å². The molecule has 2 saturated carbocycles. The maximum atomic E-state index is 12.8. The lowest BCUT2D eigenvalue weighted by atomic mass is 10.0. The highest BCUT2D eigenvalue weighted by atomic mass is 16.6. The number of benzene rings is 1. The van der Waals surface area contributed by atoms with Crippen molar-refractivity contribution in [3.05, 3.63) is 24.3 Å². The molecule has 0 spiro atoms. The fourth-order valence-corrected chi connectivity index (χ4v) is 4.35. The van der Waals surface area contributed by atoms with Gasteiger partial charge < -0.3 is 14.8 Å². The lowest BCUT2D eigenvalue weighted by molar-refractivity contribution is -0.118. The zero-order chi connectivity index (χ0) is 18.5. The molecule has 1 aliphatic heterocycles. The van der Waals surface area contributed by atoms with E-state index in [0.717, 1.165) is 24.2 Å². The number of para-hydroxylation sites is 2. The highest BCUT2D eigenvalue weighted by molar-refractivity contribution is 5.96. The van der Waals surface area contributed by atoms with Crippen LogP contribution < -0.4 is 10.2 Å². The van der Waals surface area contributed by atoms with E-state index in [9.17, 15) is 9.59 Å². The Labute approximate surface area is 153 Å². The first kappa shape index (κ1) is 17.3. The van der Waals surface area contributed by atoms with E-state index in [2.05, 4.69) is 5.32 Å². The van der Waals surface area contributed by atoms with Crippen LogP contribution in [0.25, 0.3) is 0 Å². The SMILES string of the molecule is CC(C)(C)OC(=O)N1c2ccccc2NC1OC1CC2CC(=O)C[C@H]2C1. The van der Waals surface area contributed by atoms with Crippen LogP contribution in [0.5, 0.6) is 0 Å². The van der Waals surface area contributed by atoms with Gasteiger partial charge in [-0.3, -0.25) is 4.79 Å². The first-order valence-electron chi connectivity index (χ1n) is 9.35. The molecule has 0 saturated heterocycles. The monoisotopic (exact) mass is 358 g/mol. The van der Waals surface area contributed by atoms with Gasteiger partial charge in [0.2, 0.25) is 6.35 Å². The predicted octanol–water partition coefficient (Wildman–Crippen LogP) is 3.91. The average Bonchev–Trinajstić information content (AvgIpc) is 3.15. The van der Waals surface area contributed by atoms with Crippen molar-refractivity contribution in [1.29, 1.82) is 0 Å². The number of rotatable bonds is 2. The summed E-state index contributed by atoms with van der Waals surface area (Å²) in [5.41, 5.74) is 1.04. The number of amides is 1. The second kappa shape index (κ2) is 6.27. The number of carbonyl (C=O) groups is 2. The number of fused-ring (bicyclic) bond motifs is 2. The van der Waals surface area contributed by atoms with Crippen LogP contribution in [0.15, 0.2) is 24.3 Å². The third-order valence-corrected chi connectivity index (χ3v) is 5.37. The zero-order valence-electron chi connectivity index (χ0n) is 15.5. The first-order valence-corrected chi connectivity index (χ1v) is 9.35. The van der Waals surface area contributed by atoms with Crippen LogP contribution in [0, 0.1) is 11.8 Å². The Balaban J connectivity index is 1.50. The molecule has 1 amide bonds. The van der Waals surface area contributed by atoms with Gasteiger partial charge in [-0.05, 0) is 57.6 Å². The number of Topliss-reactive ketones (excluding diaryl/α,β-unsaturated/α-hetero) is 1. The van der Waals surface area contributed by atoms with Crippen molar-refractivity contribution < 1.29 is 19.1 Å². The molecule has 26 heavy (non-hydrogen) atoms. The van der Waals surface area contributed by atoms with Crippen LogP contribution in [-0.2, 0) is 14.3 Å². The van der Waals surface area contributed by atoms with E-state index >= 15 is 0 Å². The minimum atomic E-state index is -0.582. The van der Waals surface area contributed by atoms with Crippen molar-refractivity contribution >= 4 is 23.3 Å². The number of carbonyl (C=O) groups excluding carboxylic acids is 2. The number of hydrogen-bond donors (Lipinski definition) is 1. The van der Waals surface area contributed by atoms with Gasteiger partial charge in [-0.25, -0.2) is 9.69 Å². The molecule has 2 fully saturated rings. The van der Waals surface area contributed by atoms with Gasteiger partial charge in [0, 0.05) is 12.8 Å². The van der Waals surface area contributed by atoms with Gasteiger partial charge in [-0.15, -0.1) is 0 Å². The van der Waals surface area contributed by atoms with Crippen molar-refractivity contribution in [1.82, 2.24) is 0 Å². The van der Waals surface area contributed by atoms with Crippen LogP contribution in [-0.4, -0.2) is 29.9 Å². The van der Waals surface area contributed by atoms with Crippen molar-refractivity contribution in [3.8, 4) is 0 Å². The molecule has 6 nitrogen and oxygen atoms in total. The predicted molar refractivity (Wildman–Crippen MR) is 97.9 cm³/mol. The van der Waals surface area contributed by atoms with E-state index in [-0.39, 0.29) is 6.10 Å². The topological polar surface area (TPSA) is 67.9 Å². The fraction of sp³-hybridized carbons (Fsp3) is 0.600. The Kier molecular flexibility index (Phi) is 4.18. The Morgan fingerprint density at radius 3 is 2.46 bits per heavy atom. The van der Waals surface area contributed by atoms with Crippen LogP contribution in [0.1, 0.15) is 46.5 Å². The first-order chi connectivity index (χ1) is 12.3. The summed E-state index contributed by atoms with van der Waals surface area (Å²) in [5, 5.41) is 3.29. The number of nitrogens with zero attached hydrogens (tertiary/aromatic N) is 1. The summed E-state index contributed by atoms with van der Waals surface area (Å²) in [6, 6.07) is 7.63. The minimum absolute atomic E-state index is 0.0508. The molecule has 6 heteroatoms. The third kappa shape index (κ3) is 3.30. The summed E-state index contributed by atoms with van der Waals surface area (Å²) >= 11 is 0. The van der Waals surface area contributed by atoms with E-state index in [1.54, 1.807) is 4.90 Å². The van der Waals surface area contributed by atoms with E-state index in [4.69, 9.17) is 9.47 Å². The normalized spacial score (nSPS) is 30.1. The van der Waals surface area contributed by atoms with Crippen molar-refractivity contribution in [2.45, 2.75) is 64.5 Å². The number of nitrogens with one attached hydrogen (secondary N) is 1. The molecule has 4 atom stereocenters. The average molecular weight is 358 g/mol. The zero-order valence-corrected chi connectivity index (χ0v) is 15.5. The highest BCUT2D eigenvalue weighted by Gasteiger charge is 2.44. The summed E-state index contributed by atoms with van der Waals surface area (Å²) < 4.78 is 11.9. The highest BCUT2D eigenvalue weighted by Crippen LogP contribution is 2.45. The molecule has 3 unspecified atom stereocenters. The molecule has 0 aromatic heterocycles. The van der Waals surface area contributed by atoms with Crippen molar-refractivity contribution in [2.75, 3.05) is 10.2 Å². The van der Waals surface area contributed by atoms with Crippen LogP contribution in [0.4, 0.5) is 16.2 Å². The molecular formula is C20H26N2O4. The molecule has 4 rings (SSSR count).